The molecule has 3 nitrogen and oxygen atoms in total. The van der Waals surface area contributed by atoms with E-state index in [4.69, 9.17) is 0 Å². The number of carbonyl (C=O) groups is 1. The smallest absolute Gasteiger partial charge is 0.321 e. The van der Waals surface area contributed by atoms with Gasteiger partial charge in [-0.1, -0.05) is 31.0 Å². The third kappa shape index (κ3) is 3.76. The molecule has 0 aliphatic carbocycles. The summed E-state index contributed by atoms with van der Waals surface area (Å²) in [6, 6.07) is 4.15. The lowest BCUT2D eigenvalue weighted by Gasteiger charge is -2.20. The Kier molecular flexibility index (Phi) is 5.20. The predicted molar refractivity (Wildman–Crippen MR) is 77.2 cm³/mol. The Hall–Kier alpha value is -1.51. The maximum Gasteiger partial charge on any atom is 0.321 e. The van der Waals surface area contributed by atoms with E-state index >= 15 is 0 Å². The van der Waals surface area contributed by atoms with Crippen LogP contribution in [0.2, 0.25) is 0 Å². The first kappa shape index (κ1) is 14.6. The van der Waals surface area contributed by atoms with E-state index in [1.54, 1.807) is 4.90 Å². The van der Waals surface area contributed by atoms with E-state index in [0.717, 1.165) is 36.2 Å². The van der Waals surface area contributed by atoms with Crippen molar-refractivity contribution >= 4 is 11.7 Å². The van der Waals surface area contributed by atoms with Crippen LogP contribution in [0.25, 0.3) is 0 Å². The Morgan fingerprint density at radius 3 is 2.28 bits per heavy atom. The Balaban J connectivity index is 2.76. The second-order valence-electron chi connectivity index (χ2n) is 4.98. The first-order valence-electron chi connectivity index (χ1n) is 6.55. The summed E-state index contributed by atoms with van der Waals surface area (Å²) in [6.45, 7) is 9.05. The molecule has 1 aromatic rings. The van der Waals surface area contributed by atoms with Gasteiger partial charge in [-0.05, 0) is 38.3 Å². The van der Waals surface area contributed by atoms with E-state index in [9.17, 15) is 4.79 Å². The zero-order valence-electron chi connectivity index (χ0n) is 12.1. The molecule has 0 aliphatic heterocycles. The van der Waals surface area contributed by atoms with Gasteiger partial charge in [-0.25, -0.2) is 4.79 Å². The lowest BCUT2D eigenvalue weighted by Crippen LogP contribution is -2.32. The highest BCUT2D eigenvalue weighted by atomic mass is 16.2. The molecule has 0 spiro atoms. The number of nitrogens with zero attached hydrogens (tertiary/aromatic N) is 1. The Bertz CT molecular complexity index is 403. The lowest BCUT2D eigenvalue weighted by atomic mass is 10.1. The minimum Gasteiger partial charge on any atom is -0.328 e. The minimum atomic E-state index is -0.0292. The Morgan fingerprint density at radius 2 is 1.78 bits per heavy atom. The number of aryl methyl sites for hydroxylation is 3. The quantitative estimate of drug-likeness (QED) is 0.861. The second kappa shape index (κ2) is 6.43. The van der Waals surface area contributed by atoms with Gasteiger partial charge in [-0.3, -0.25) is 0 Å². The molecule has 1 N–H and O–H groups in total. The summed E-state index contributed by atoms with van der Waals surface area (Å²) in [5.74, 6) is 0. The van der Waals surface area contributed by atoms with Crippen molar-refractivity contribution in [3.63, 3.8) is 0 Å². The van der Waals surface area contributed by atoms with Crippen molar-refractivity contribution in [3.8, 4) is 0 Å². The van der Waals surface area contributed by atoms with Gasteiger partial charge in [-0.2, -0.15) is 0 Å². The number of nitrogens with one attached hydrogen (secondary N) is 1. The molecular weight excluding hydrogens is 224 g/mol. The van der Waals surface area contributed by atoms with Crippen molar-refractivity contribution < 1.29 is 4.79 Å². The number of carbonyl (C=O) groups excluding carboxylic acids is 1. The Labute approximate surface area is 110 Å². The number of amides is 2. The van der Waals surface area contributed by atoms with Crippen molar-refractivity contribution in [2.45, 2.75) is 40.5 Å². The number of hydrogen-bond acceptors (Lipinski definition) is 1. The van der Waals surface area contributed by atoms with Crippen LogP contribution in [-0.2, 0) is 0 Å². The molecule has 0 saturated carbocycles. The summed E-state index contributed by atoms with van der Waals surface area (Å²) in [5, 5.41) is 3.00. The molecule has 0 aliphatic rings. The molecule has 0 fully saturated rings. The first-order chi connectivity index (χ1) is 8.45. The maximum atomic E-state index is 12.0. The van der Waals surface area contributed by atoms with Gasteiger partial charge in [0.2, 0.25) is 0 Å². The highest BCUT2D eigenvalue weighted by Crippen LogP contribution is 2.22. The van der Waals surface area contributed by atoms with Crippen molar-refractivity contribution in [2.24, 2.45) is 0 Å². The summed E-state index contributed by atoms with van der Waals surface area (Å²) in [6.07, 6.45) is 2.13. The fourth-order valence-corrected chi connectivity index (χ4v) is 2.08. The van der Waals surface area contributed by atoms with Crippen LogP contribution in [0.4, 0.5) is 10.5 Å². The van der Waals surface area contributed by atoms with Gasteiger partial charge >= 0.3 is 6.03 Å². The van der Waals surface area contributed by atoms with E-state index in [1.165, 1.54) is 5.56 Å². The number of hydrogen-bond donors (Lipinski definition) is 1. The largest absolute Gasteiger partial charge is 0.328 e. The van der Waals surface area contributed by atoms with Gasteiger partial charge in [-0.15, -0.1) is 0 Å². The van der Waals surface area contributed by atoms with Gasteiger partial charge in [0.1, 0.15) is 0 Å². The zero-order chi connectivity index (χ0) is 13.7. The molecule has 0 bridgehead atoms. The summed E-state index contributed by atoms with van der Waals surface area (Å²) < 4.78 is 0. The number of unbranched alkanes of at least 4 members (excludes halogenated alkanes) is 1. The van der Waals surface area contributed by atoms with Crippen LogP contribution < -0.4 is 5.32 Å². The molecule has 0 heterocycles. The van der Waals surface area contributed by atoms with Gasteiger partial charge in [0, 0.05) is 19.3 Å². The highest BCUT2D eigenvalue weighted by molar-refractivity contribution is 5.91. The highest BCUT2D eigenvalue weighted by Gasteiger charge is 2.11. The van der Waals surface area contributed by atoms with Crippen molar-refractivity contribution in [2.75, 3.05) is 18.9 Å². The average Bonchev–Trinajstić information content (AvgIpc) is 2.30. The molecular formula is C15H24N2O. The topological polar surface area (TPSA) is 32.3 Å². The molecule has 2 amide bonds. The van der Waals surface area contributed by atoms with Crippen LogP contribution in [-0.4, -0.2) is 24.5 Å². The monoisotopic (exact) mass is 248 g/mol. The zero-order valence-corrected chi connectivity index (χ0v) is 12.1. The van der Waals surface area contributed by atoms with Crippen molar-refractivity contribution in [1.82, 2.24) is 4.90 Å². The van der Waals surface area contributed by atoms with Crippen LogP contribution in [0.15, 0.2) is 12.1 Å². The Morgan fingerprint density at radius 1 is 1.22 bits per heavy atom. The van der Waals surface area contributed by atoms with Crippen LogP contribution in [0.1, 0.15) is 36.5 Å². The van der Waals surface area contributed by atoms with Gasteiger partial charge in [0.05, 0.1) is 0 Å². The maximum absolute atomic E-state index is 12.0. The van der Waals surface area contributed by atoms with Crippen LogP contribution >= 0.6 is 0 Å². The molecule has 0 radical (unpaired) electrons. The molecule has 0 aromatic heterocycles. The number of benzene rings is 1. The van der Waals surface area contributed by atoms with E-state index < -0.39 is 0 Å². The van der Waals surface area contributed by atoms with Gasteiger partial charge < -0.3 is 10.2 Å². The summed E-state index contributed by atoms with van der Waals surface area (Å²) >= 11 is 0. The SMILES string of the molecule is CCCCN(C)C(=O)Nc1c(C)cc(C)cc1C. The fraction of sp³-hybridized carbons (Fsp3) is 0.533. The lowest BCUT2D eigenvalue weighted by molar-refractivity contribution is 0.222. The molecule has 1 aromatic carbocycles. The molecule has 1 rings (SSSR count). The third-order valence-corrected chi connectivity index (χ3v) is 3.10. The molecule has 0 saturated heterocycles. The normalized spacial score (nSPS) is 10.3. The summed E-state index contributed by atoms with van der Waals surface area (Å²) in [4.78, 5) is 13.8. The van der Waals surface area contributed by atoms with E-state index in [0.29, 0.717) is 0 Å². The summed E-state index contributed by atoms with van der Waals surface area (Å²) in [7, 11) is 1.84. The van der Waals surface area contributed by atoms with Gasteiger partial charge in [0.25, 0.3) is 0 Å². The van der Waals surface area contributed by atoms with Crippen LogP contribution in [0.5, 0.6) is 0 Å². The number of urea groups is 1. The van der Waals surface area contributed by atoms with Crippen LogP contribution in [0.3, 0.4) is 0 Å². The fourth-order valence-electron chi connectivity index (χ4n) is 2.08. The van der Waals surface area contributed by atoms with Crippen molar-refractivity contribution in [1.29, 1.82) is 0 Å². The van der Waals surface area contributed by atoms with E-state index in [-0.39, 0.29) is 6.03 Å². The molecule has 3 heteroatoms. The minimum absolute atomic E-state index is 0.0292. The standard InChI is InChI=1S/C15H24N2O/c1-6-7-8-17(5)15(18)16-14-12(3)9-11(2)10-13(14)4/h9-10H,6-8H2,1-5H3,(H,16,18). The second-order valence-corrected chi connectivity index (χ2v) is 4.98. The number of rotatable bonds is 4. The van der Waals surface area contributed by atoms with Gasteiger partial charge in [0.15, 0.2) is 0 Å². The van der Waals surface area contributed by atoms with Crippen LogP contribution in [0, 0.1) is 20.8 Å². The van der Waals surface area contributed by atoms with E-state index in [2.05, 4.69) is 31.3 Å². The molecule has 18 heavy (non-hydrogen) atoms. The third-order valence-electron chi connectivity index (χ3n) is 3.10. The molecule has 0 atom stereocenters. The predicted octanol–water partition coefficient (Wildman–Crippen LogP) is 3.88. The van der Waals surface area contributed by atoms with Crippen molar-refractivity contribution in [3.05, 3.63) is 28.8 Å². The first-order valence-corrected chi connectivity index (χ1v) is 6.55. The summed E-state index contributed by atoms with van der Waals surface area (Å²) in [5.41, 5.74) is 4.39. The molecule has 0 unspecified atom stereocenters. The van der Waals surface area contributed by atoms with E-state index in [1.807, 2.05) is 20.9 Å². The molecule has 100 valence electrons. The average molecular weight is 248 g/mol. The number of anilines is 1.